The Morgan fingerprint density at radius 2 is 1.71 bits per heavy atom. The molecule has 1 aliphatic heterocycles. The highest BCUT2D eigenvalue weighted by atomic mass is 15.4. The molecular weight excluding hydrogens is 350 g/mol. The van der Waals surface area contributed by atoms with Crippen LogP contribution in [0.3, 0.4) is 0 Å². The van der Waals surface area contributed by atoms with Crippen molar-refractivity contribution in [3.8, 4) is 0 Å². The number of benzene rings is 1. The maximum absolute atomic E-state index is 4.54. The second-order valence-corrected chi connectivity index (χ2v) is 6.74. The van der Waals surface area contributed by atoms with E-state index in [2.05, 4.69) is 59.3 Å². The van der Waals surface area contributed by atoms with Gasteiger partial charge in [0.2, 0.25) is 5.95 Å². The minimum Gasteiger partial charge on any atom is -0.356 e. The van der Waals surface area contributed by atoms with Gasteiger partial charge in [0.15, 0.2) is 5.96 Å². The van der Waals surface area contributed by atoms with Crippen LogP contribution in [-0.2, 0) is 6.42 Å². The van der Waals surface area contributed by atoms with Gasteiger partial charge in [-0.15, -0.1) is 0 Å². The Morgan fingerprint density at radius 1 is 0.964 bits per heavy atom. The van der Waals surface area contributed by atoms with E-state index in [4.69, 9.17) is 0 Å². The number of aliphatic imine (C=N–C) groups is 1. The van der Waals surface area contributed by atoms with Crippen LogP contribution in [-0.4, -0.2) is 65.6 Å². The van der Waals surface area contributed by atoms with Crippen LogP contribution in [0.1, 0.15) is 5.56 Å². The quantitative estimate of drug-likeness (QED) is 0.555. The molecule has 0 bridgehead atoms. The minimum absolute atomic E-state index is 0.800. The largest absolute Gasteiger partial charge is 0.356 e. The van der Waals surface area contributed by atoms with Gasteiger partial charge in [0.25, 0.3) is 0 Å². The molecule has 7 nitrogen and oxygen atoms in total. The third kappa shape index (κ3) is 4.03. The molecule has 0 atom stereocenters. The van der Waals surface area contributed by atoms with Crippen molar-refractivity contribution >= 4 is 22.8 Å². The van der Waals surface area contributed by atoms with E-state index >= 15 is 0 Å². The molecule has 0 radical (unpaired) electrons. The number of pyridine rings is 1. The van der Waals surface area contributed by atoms with Crippen molar-refractivity contribution in [2.24, 2.45) is 4.99 Å². The number of hydrogen-bond donors (Lipinski definition) is 1. The molecular formula is C21H25N7. The van der Waals surface area contributed by atoms with Crippen molar-refractivity contribution in [1.29, 1.82) is 0 Å². The molecule has 1 N–H and O–H groups in total. The molecule has 3 aromatic rings. The zero-order valence-electron chi connectivity index (χ0n) is 16.1. The molecule has 1 aromatic carbocycles. The van der Waals surface area contributed by atoms with Gasteiger partial charge in [0.05, 0.1) is 5.52 Å². The van der Waals surface area contributed by atoms with Crippen molar-refractivity contribution in [3.05, 3.63) is 60.6 Å². The summed E-state index contributed by atoms with van der Waals surface area (Å²) in [6.45, 7) is 4.39. The average molecular weight is 375 g/mol. The number of hydrogen-bond acceptors (Lipinski definition) is 5. The summed E-state index contributed by atoms with van der Waals surface area (Å²) in [4.78, 5) is 22.2. The van der Waals surface area contributed by atoms with Gasteiger partial charge in [-0.1, -0.05) is 24.3 Å². The first-order chi connectivity index (χ1) is 13.8. The summed E-state index contributed by atoms with van der Waals surface area (Å²) in [7, 11) is 1.84. The van der Waals surface area contributed by atoms with Crippen LogP contribution in [0.25, 0.3) is 10.9 Å². The van der Waals surface area contributed by atoms with Crippen molar-refractivity contribution in [1.82, 2.24) is 25.2 Å². The van der Waals surface area contributed by atoms with Crippen molar-refractivity contribution in [2.75, 3.05) is 44.7 Å². The smallest absolute Gasteiger partial charge is 0.225 e. The van der Waals surface area contributed by atoms with Gasteiger partial charge in [0.1, 0.15) is 0 Å². The van der Waals surface area contributed by atoms with E-state index in [-0.39, 0.29) is 0 Å². The molecule has 7 heteroatoms. The number of aromatic nitrogens is 3. The van der Waals surface area contributed by atoms with E-state index in [1.165, 1.54) is 10.9 Å². The van der Waals surface area contributed by atoms with E-state index in [1.807, 2.05) is 25.4 Å². The molecule has 0 unspecified atom stereocenters. The van der Waals surface area contributed by atoms with Crippen LogP contribution in [0.15, 0.2) is 60.0 Å². The third-order valence-corrected chi connectivity index (χ3v) is 5.02. The Bertz CT molecular complexity index is 928. The first-order valence-electron chi connectivity index (χ1n) is 9.65. The van der Waals surface area contributed by atoms with E-state index in [0.717, 1.165) is 56.6 Å². The molecule has 2 aromatic heterocycles. The van der Waals surface area contributed by atoms with E-state index in [1.54, 1.807) is 12.4 Å². The summed E-state index contributed by atoms with van der Waals surface area (Å²) in [6.07, 6.45) is 6.34. The van der Waals surface area contributed by atoms with Crippen LogP contribution in [0.5, 0.6) is 0 Å². The Morgan fingerprint density at radius 3 is 2.50 bits per heavy atom. The van der Waals surface area contributed by atoms with Gasteiger partial charge in [-0.2, -0.15) is 0 Å². The fraction of sp³-hybridized carbons (Fsp3) is 0.333. The normalized spacial score (nSPS) is 15.1. The van der Waals surface area contributed by atoms with Crippen molar-refractivity contribution in [2.45, 2.75) is 6.42 Å². The maximum atomic E-state index is 4.54. The Labute approximate surface area is 165 Å². The Balaban J connectivity index is 1.32. The standard InChI is InChI=1S/C21H25N7/c1-22-20(27-13-15-28(16-14-27)21-24-10-4-11-25-21)26-12-8-18-6-2-5-17-7-3-9-23-19(17)18/h2-7,9-11H,8,12-16H2,1H3,(H,22,26). The molecule has 1 aliphatic rings. The molecule has 1 fully saturated rings. The van der Waals surface area contributed by atoms with Gasteiger partial charge in [-0.05, 0) is 24.1 Å². The lowest BCUT2D eigenvalue weighted by atomic mass is 10.1. The fourth-order valence-corrected chi connectivity index (χ4v) is 3.58. The Hall–Kier alpha value is -3.22. The van der Waals surface area contributed by atoms with Crippen LogP contribution in [0.2, 0.25) is 0 Å². The molecule has 1 saturated heterocycles. The van der Waals surface area contributed by atoms with Crippen LogP contribution in [0, 0.1) is 0 Å². The zero-order valence-corrected chi connectivity index (χ0v) is 16.1. The summed E-state index contributed by atoms with van der Waals surface area (Å²) in [6, 6.07) is 12.3. The maximum Gasteiger partial charge on any atom is 0.225 e. The molecule has 0 saturated carbocycles. The first kappa shape index (κ1) is 18.2. The van der Waals surface area contributed by atoms with Gasteiger partial charge < -0.3 is 15.1 Å². The second-order valence-electron chi connectivity index (χ2n) is 6.74. The summed E-state index contributed by atoms with van der Waals surface area (Å²) >= 11 is 0. The number of anilines is 1. The topological polar surface area (TPSA) is 69.5 Å². The number of fused-ring (bicyclic) bond motifs is 1. The zero-order chi connectivity index (χ0) is 19.2. The SMILES string of the molecule is CN=C(NCCc1cccc2cccnc12)N1CCN(c2ncccn2)CC1. The summed E-state index contributed by atoms with van der Waals surface area (Å²) in [5, 5.41) is 4.69. The molecule has 4 rings (SSSR count). The van der Waals surface area contributed by atoms with Gasteiger partial charge in [-0.25, -0.2) is 9.97 Å². The fourth-order valence-electron chi connectivity index (χ4n) is 3.58. The molecule has 28 heavy (non-hydrogen) atoms. The summed E-state index contributed by atoms with van der Waals surface area (Å²) in [5.74, 6) is 1.75. The predicted octanol–water partition coefficient (Wildman–Crippen LogP) is 1.96. The number of rotatable bonds is 4. The monoisotopic (exact) mass is 375 g/mol. The van der Waals surface area contributed by atoms with Crippen molar-refractivity contribution in [3.63, 3.8) is 0 Å². The van der Waals surface area contributed by atoms with E-state index < -0.39 is 0 Å². The summed E-state index contributed by atoms with van der Waals surface area (Å²) in [5.41, 5.74) is 2.34. The third-order valence-electron chi connectivity index (χ3n) is 5.02. The van der Waals surface area contributed by atoms with Crippen molar-refractivity contribution < 1.29 is 0 Å². The number of nitrogens with one attached hydrogen (secondary N) is 1. The highest BCUT2D eigenvalue weighted by Gasteiger charge is 2.20. The van der Waals surface area contributed by atoms with Crippen LogP contribution in [0.4, 0.5) is 5.95 Å². The minimum atomic E-state index is 0.800. The van der Waals surface area contributed by atoms with Crippen LogP contribution >= 0.6 is 0 Å². The second kappa shape index (κ2) is 8.65. The van der Waals surface area contributed by atoms with Gasteiger partial charge >= 0.3 is 0 Å². The number of para-hydroxylation sites is 1. The van der Waals surface area contributed by atoms with E-state index in [0.29, 0.717) is 0 Å². The first-order valence-corrected chi connectivity index (χ1v) is 9.65. The molecule has 3 heterocycles. The number of piperazine rings is 1. The molecule has 144 valence electrons. The Kier molecular flexibility index (Phi) is 5.61. The number of nitrogens with zero attached hydrogens (tertiary/aromatic N) is 6. The lowest BCUT2D eigenvalue weighted by Gasteiger charge is -2.36. The van der Waals surface area contributed by atoms with E-state index in [9.17, 15) is 0 Å². The highest BCUT2D eigenvalue weighted by molar-refractivity contribution is 5.82. The molecule has 0 aliphatic carbocycles. The highest BCUT2D eigenvalue weighted by Crippen LogP contribution is 2.16. The summed E-state index contributed by atoms with van der Waals surface area (Å²) < 4.78 is 0. The van der Waals surface area contributed by atoms with Gasteiger partial charge in [-0.3, -0.25) is 9.98 Å². The van der Waals surface area contributed by atoms with Gasteiger partial charge in [0, 0.05) is 63.7 Å². The number of guanidine groups is 1. The lowest BCUT2D eigenvalue weighted by molar-refractivity contribution is 0.370. The average Bonchev–Trinajstić information content (AvgIpc) is 2.78. The lowest BCUT2D eigenvalue weighted by Crippen LogP contribution is -2.53. The molecule has 0 spiro atoms. The molecule has 0 amide bonds. The predicted molar refractivity (Wildman–Crippen MR) is 113 cm³/mol. The van der Waals surface area contributed by atoms with Crippen LogP contribution < -0.4 is 10.2 Å².